The molecule has 0 unspecified atom stereocenters. The Kier molecular flexibility index (Phi) is 5.95. The average Bonchev–Trinajstić information content (AvgIpc) is 3.10. The van der Waals surface area contributed by atoms with Crippen molar-refractivity contribution in [2.75, 3.05) is 5.32 Å². The number of aromatic nitrogens is 3. The Labute approximate surface area is 186 Å². The van der Waals surface area contributed by atoms with Crippen LogP contribution in [-0.2, 0) is 24.4 Å². The number of hydrogen-bond donors (Lipinski definition) is 1. The van der Waals surface area contributed by atoms with Gasteiger partial charge in [0.05, 0.1) is 17.5 Å². The monoisotopic (exact) mass is 454 g/mol. The van der Waals surface area contributed by atoms with E-state index in [0.29, 0.717) is 28.2 Å². The first-order chi connectivity index (χ1) is 15.7. The second-order valence-electron chi connectivity index (χ2n) is 7.36. The maximum Gasteiger partial charge on any atom is 0.416 e. The Bertz CT molecular complexity index is 1280. The average molecular weight is 454 g/mol. The zero-order valence-corrected chi connectivity index (χ0v) is 17.4. The first-order valence-electron chi connectivity index (χ1n) is 9.91. The molecular weight excluding hydrogens is 436 g/mol. The largest absolute Gasteiger partial charge is 0.416 e. The quantitative estimate of drug-likeness (QED) is 0.406. The van der Waals surface area contributed by atoms with Crippen molar-refractivity contribution in [3.63, 3.8) is 0 Å². The van der Waals surface area contributed by atoms with E-state index < -0.39 is 23.5 Å². The summed E-state index contributed by atoms with van der Waals surface area (Å²) in [5.74, 6) is -0.537. The van der Waals surface area contributed by atoms with Gasteiger partial charge in [0.1, 0.15) is 17.3 Å². The molecule has 4 aromatic rings. The van der Waals surface area contributed by atoms with Crippen molar-refractivity contribution >= 4 is 11.7 Å². The van der Waals surface area contributed by atoms with Gasteiger partial charge in [-0.15, -0.1) is 0 Å². The van der Waals surface area contributed by atoms with Gasteiger partial charge in [0.2, 0.25) is 5.91 Å². The van der Waals surface area contributed by atoms with Crippen molar-refractivity contribution in [2.45, 2.75) is 12.6 Å². The minimum absolute atomic E-state index is 0.230. The summed E-state index contributed by atoms with van der Waals surface area (Å²) in [6, 6.07) is 13.9. The normalized spacial score (nSPS) is 11.4. The lowest BCUT2D eigenvalue weighted by Gasteiger charge is -2.11. The topological polar surface area (TPSA) is 59.8 Å². The number of hydrogen-bond acceptors (Lipinski definition) is 3. The standard InChI is InChI=1S/C24H18F4N4O/c1-32-23(30-20(33)14-15-3-2-4-18(13-15)24(26,27)28)21(16-9-11-29-12-10-16)22(31-32)17-5-7-19(25)8-6-17/h2-13H,14H2,1H3,(H,30,33). The van der Waals surface area contributed by atoms with Gasteiger partial charge in [-0.05, 0) is 53.6 Å². The highest BCUT2D eigenvalue weighted by Gasteiger charge is 2.30. The summed E-state index contributed by atoms with van der Waals surface area (Å²) in [4.78, 5) is 16.8. The van der Waals surface area contributed by atoms with Crippen LogP contribution in [0.3, 0.4) is 0 Å². The lowest BCUT2D eigenvalue weighted by Crippen LogP contribution is -2.17. The van der Waals surface area contributed by atoms with Gasteiger partial charge in [0.25, 0.3) is 0 Å². The van der Waals surface area contributed by atoms with E-state index in [4.69, 9.17) is 0 Å². The number of benzene rings is 2. The molecule has 2 heterocycles. The molecule has 0 saturated heterocycles. The van der Waals surface area contributed by atoms with Crippen molar-refractivity contribution in [1.82, 2.24) is 14.8 Å². The summed E-state index contributed by atoms with van der Waals surface area (Å²) in [6.07, 6.45) is -1.57. The summed E-state index contributed by atoms with van der Waals surface area (Å²) >= 11 is 0. The van der Waals surface area contributed by atoms with Gasteiger partial charge in [0, 0.05) is 25.0 Å². The number of aryl methyl sites for hydroxylation is 1. The molecule has 0 bridgehead atoms. The van der Waals surface area contributed by atoms with E-state index in [-0.39, 0.29) is 12.0 Å². The molecule has 33 heavy (non-hydrogen) atoms. The van der Waals surface area contributed by atoms with Crippen molar-refractivity contribution in [3.05, 3.63) is 90.0 Å². The Morgan fingerprint density at radius 1 is 1.00 bits per heavy atom. The predicted molar refractivity (Wildman–Crippen MR) is 116 cm³/mol. The summed E-state index contributed by atoms with van der Waals surface area (Å²) in [5, 5.41) is 7.28. The molecule has 2 aromatic carbocycles. The van der Waals surface area contributed by atoms with Crippen LogP contribution < -0.4 is 5.32 Å². The van der Waals surface area contributed by atoms with E-state index in [1.807, 2.05) is 0 Å². The van der Waals surface area contributed by atoms with Crippen LogP contribution in [0.25, 0.3) is 22.4 Å². The number of amides is 1. The first-order valence-corrected chi connectivity index (χ1v) is 9.91. The van der Waals surface area contributed by atoms with Crippen molar-refractivity contribution in [3.8, 4) is 22.4 Å². The summed E-state index contributed by atoms with van der Waals surface area (Å²) < 4.78 is 53.9. The molecular formula is C24H18F4N4O. The van der Waals surface area contributed by atoms with E-state index in [0.717, 1.165) is 12.1 Å². The Balaban J connectivity index is 1.69. The minimum Gasteiger partial charge on any atom is -0.310 e. The van der Waals surface area contributed by atoms with Crippen LogP contribution >= 0.6 is 0 Å². The molecule has 0 atom stereocenters. The Morgan fingerprint density at radius 2 is 1.70 bits per heavy atom. The number of nitrogens with one attached hydrogen (secondary N) is 1. The molecule has 0 spiro atoms. The summed E-state index contributed by atoms with van der Waals surface area (Å²) in [7, 11) is 1.64. The molecule has 5 nitrogen and oxygen atoms in total. The predicted octanol–water partition coefficient (Wildman–Crippen LogP) is 5.49. The third-order valence-corrected chi connectivity index (χ3v) is 5.01. The second kappa shape index (κ2) is 8.85. The van der Waals surface area contributed by atoms with Gasteiger partial charge in [-0.3, -0.25) is 14.5 Å². The Hall–Kier alpha value is -4.01. The molecule has 9 heteroatoms. The Morgan fingerprint density at radius 3 is 2.36 bits per heavy atom. The van der Waals surface area contributed by atoms with Crippen molar-refractivity contribution in [1.29, 1.82) is 0 Å². The number of rotatable bonds is 5. The fraction of sp³-hybridized carbons (Fsp3) is 0.125. The molecule has 0 aliphatic carbocycles. The maximum absolute atomic E-state index is 13.4. The number of anilines is 1. The highest BCUT2D eigenvalue weighted by atomic mass is 19.4. The van der Waals surface area contributed by atoms with E-state index in [1.165, 1.54) is 28.9 Å². The van der Waals surface area contributed by atoms with Gasteiger partial charge < -0.3 is 5.32 Å². The molecule has 0 aliphatic heterocycles. The molecule has 0 aliphatic rings. The number of pyridine rings is 1. The molecule has 2 aromatic heterocycles. The summed E-state index contributed by atoms with van der Waals surface area (Å²) in [5.41, 5.74) is 1.86. The van der Waals surface area contributed by atoms with Crippen LogP contribution in [-0.4, -0.2) is 20.7 Å². The fourth-order valence-corrected chi connectivity index (χ4v) is 3.49. The molecule has 1 amide bonds. The smallest absolute Gasteiger partial charge is 0.310 e. The van der Waals surface area contributed by atoms with Crippen LogP contribution in [0.1, 0.15) is 11.1 Å². The van der Waals surface area contributed by atoms with E-state index in [1.54, 1.807) is 43.7 Å². The highest BCUT2D eigenvalue weighted by Crippen LogP contribution is 2.37. The minimum atomic E-state index is -4.49. The maximum atomic E-state index is 13.4. The molecule has 168 valence electrons. The highest BCUT2D eigenvalue weighted by molar-refractivity contribution is 5.99. The van der Waals surface area contributed by atoms with Gasteiger partial charge >= 0.3 is 6.18 Å². The molecule has 0 fully saturated rings. The van der Waals surface area contributed by atoms with Crippen molar-refractivity contribution in [2.24, 2.45) is 7.05 Å². The van der Waals surface area contributed by atoms with Crippen LogP contribution in [0.15, 0.2) is 73.1 Å². The van der Waals surface area contributed by atoms with Crippen LogP contribution in [0.5, 0.6) is 0 Å². The van der Waals surface area contributed by atoms with E-state index in [9.17, 15) is 22.4 Å². The first kappa shape index (κ1) is 22.2. The van der Waals surface area contributed by atoms with Crippen LogP contribution in [0.2, 0.25) is 0 Å². The second-order valence-corrected chi connectivity index (χ2v) is 7.36. The number of alkyl halides is 3. The van der Waals surface area contributed by atoms with Gasteiger partial charge in [-0.1, -0.05) is 18.2 Å². The van der Waals surface area contributed by atoms with Gasteiger partial charge in [-0.25, -0.2) is 4.39 Å². The number of halogens is 4. The van der Waals surface area contributed by atoms with Crippen LogP contribution in [0.4, 0.5) is 23.4 Å². The third kappa shape index (κ3) is 4.92. The third-order valence-electron chi connectivity index (χ3n) is 5.01. The zero-order chi connectivity index (χ0) is 23.6. The number of nitrogens with zero attached hydrogens (tertiary/aromatic N) is 3. The summed E-state index contributed by atoms with van der Waals surface area (Å²) in [6.45, 7) is 0. The fourth-order valence-electron chi connectivity index (χ4n) is 3.49. The SMILES string of the molecule is Cn1nc(-c2ccc(F)cc2)c(-c2ccncc2)c1NC(=O)Cc1cccc(C(F)(F)F)c1. The van der Waals surface area contributed by atoms with E-state index in [2.05, 4.69) is 15.4 Å². The molecule has 1 N–H and O–H groups in total. The van der Waals surface area contributed by atoms with Crippen LogP contribution in [0, 0.1) is 5.82 Å². The van der Waals surface area contributed by atoms with Crippen molar-refractivity contribution < 1.29 is 22.4 Å². The zero-order valence-electron chi connectivity index (χ0n) is 17.4. The molecule has 0 saturated carbocycles. The van der Waals surface area contributed by atoms with E-state index >= 15 is 0 Å². The van der Waals surface area contributed by atoms with Gasteiger partial charge in [0.15, 0.2) is 0 Å². The number of carbonyl (C=O) groups is 1. The molecule has 0 radical (unpaired) electrons. The lowest BCUT2D eigenvalue weighted by molar-refractivity contribution is -0.137. The molecule has 4 rings (SSSR count). The lowest BCUT2D eigenvalue weighted by atomic mass is 10.0. The van der Waals surface area contributed by atoms with Gasteiger partial charge in [-0.2, -0.15) is 18.3 Å². The number of carbonyl (C=O) groups excluding carboxylic acids is 1.